The Morgan fingerprint density at radius 2 is 1.68 bits per heavy atom. The maximum absolute atomic E-state index is 12.7. The Kier molecular flexibility index (Phi) is 8.29. The fourth-order valence-electron chi connectivity index (χ4n) is 3.08. The highest BCUT2D eigenvalue weighted by atomic mass is 16.5. The monoisotopic (exact) mass is 426 g/mol. The highest BCUT2D eigenvalue weighted by Gasteiger charge is 2.23. The van der Waals surface area contributed by atoms with Gasteiger partial charge >= 0.3 is 0 Å². The van der Waals surface area contributed by atoms with Crippen molar-refractivity contribution < 1.29 is 24.2 Å². The molecule has 3 rings (SSSR count). The van der Waals surface area contributed by atoms with Gasteiger partial charge in [0.15, 0.2) is 0 Å². The van der Waals surface area contributed by atoms with Crippen LogP contribution in [-0.4, -0.2) is 49.3 Å². The molecule has 0 spiro atoms. The minimum absolute atomic E-state index is 0.126. The van der Waals surface area contributed by atoms with E-state index in [2.05, 4.69) is 10.6 Å². The van der Waals surface area contributed by atoms with E-state index in [1.165, 1.54) is 12.8 Å². The van der Waals surface area contributed by atoms with Gasteiger partial charge in [-0.1, -0.05) is 12.1 Å². The topological polar surface area (TPSA) is 96.9 Å². The van der Waals surface area contributed by atoms with Crippen LogP contribution in [0.3, 0.4) is 0 Å². The van der Waals surface area contributed by atoms with Crippen molar-refractivity contribution in [2.75, 3.05) is 26.4 Å². The van der Waals surface area contributed by atoms with E-state index in [9.17, 15) is 9.59 Å². The van der Waals surface area contributed by atoms with Gasteiger partial charge in [0.2, 0.25) is 5.91 Å². The van der Waals surface area contributed by atoms with Crippen molar-refractivity contribution in [2.24, 2.45) is 5.92 Å². The molecule has 0 saturated heterocycles. The number of nitrogens with one attached hydrogen (secondary N) is 2. The van der Waals surface area contributed by atoms with Crippen molar-refractivity contribution in [3.8, 4) is 11.5 Å². The van der Waals surface area contributed by atoms with Crippen molar-refractivity contribution >= 4 is 11.8 Å². The SMILES string of the molecule is CCOc1ccc(CC(NC(=O)c2ccc(OCC3CC3)cc2)C(=O)NCCO)cc1. The van der Waals surface area contributed by atoms with Crippen molar-refractivity contribution in [1.82, 2.24) is 10.6 Å². The van der Waals surface area contributed by atoms with E-state index >= 15 is 0 Å². The summed E-state index contributed by atoms with van der Waals surface area (Å²) in [6.07, 6.45) is 2.75. The van der Waals surface area contributed by atoms with E-state index in [0.29, 0.717) is 31.1 Å². The summed E-state index contributed by atoms with van der Waals surface area (Å²) in [5.74, 6) is 1.45. The average molecular weight is 427 g/mol. The predicted molar refractivity (Wildman–Crippen MR) is 117 cm³/mol. The van der Waals surface area contributed by atoms with Gasteiger partial charge in [0, 0.05) is 18.5 Å². The van der Waals surface area contributed by atoms with E-state index in [4.69, 9.17) is 14.6 Å². The summed E-state index contributed by atoms with van der Waals surface area (Å²) in [5, 5.41) is 14.4. The standard InChI is InChI=1S/C24H30N2O5/c1-2-30-20-9-5-17(6-10-20)15-22(24(29)25-13-14-27)26-23(28)19-7-11-21(12-8-19)31-16-18-3-4-18/h5-12,18,22,27H,2-4,13-16H2,1H3,(H,25,29)(H,26,28). The number of aliphatic hydroxyl groups is 1. The molecule has 0 heterocycles. The van der Waals surface area contributed by atoms with Gasteiger partial charge < -0.3 is 25.2 Å². The van der Waals surface area contributed by atoms with Gasteiger partial charge in [-0.25, -0.2) is 0 Å². The molecule has 7 nitrogen and oxygen atoms in total. The first-order valence-electron chi connectivity index (χ1n) is 10.7. The highest BCUT2D eigenvalue weighted by molar-refractivity contribution is 5.97. The van der Waals surface area contributed by atoms with Gasteiger partial charge in [0.25, 0.3) is 5.91 Å². The van der Waals surface area contributed by atoms with Crippen LogP contribution in [0.25, 0.3) is 0 Å². The molecule has 0 aromatic heterocycles. The Morgan fingerprint density at radius 3 is 2.29 bits per heavy atom. The largest absolute Gasteiger partial charge is 0.494 e. The molecule has 1 aliphatic carbocycles. The Bertz CT molecular complexity index is 847. The van der Waals surface area contributed by atoms with Gasteiger partial charge in [0.05, 0.1) is 19.8 Å². The normalized spacial score (nSPS) is 13.9. The van der Waals surface area contributed by atoms with Gasteiger partial charge in [-0.05, 0) is 67.6 Å². The maximum Gasteiger partial charge on any atom is 0.251 e. The Labute approximate surface area is 182 Å². The molecule has 2 aromatic rings. The fourth-order valence-corrected chi connectivity index (χ4v) is 3.08. The first-order chi connectivity index (χ1) is 15.1. The van der Waals surface area contributed by atoms with E-state index < -0.39 is 6.04 Å². The third kappa shape index (κ3) is 7.29. The number of carbonyl (C=O) groups excluding carboxylic acids is 2. The number of carbonyl (C=O) groups is 2. The zero-order valence-electron chi connectivity index (χ0n) is 17.8. The van der Waals surface area contributed by atoms with Gasteiger partial charge in [-0.15, -0.1) is 0 Å². The molecule has 1 unspecified atom stereocenters. The second-order valence-electron chi connectivity index (χ2n) is 7.60. The first-order valence-corrected chi connectivity index (χ1v) is 10.7. The van der Waals surface area contributed by atoms with E-state index in [1.54, 1.807) is 24.3 Å². The molecule has 2 aromatic carbocycles. The summed E-state index contributed by atoms with van der Waals surface area (Å²) in [4.78, 5) is 25.3. The molecule has 1 aliphatic rings. The lowest BCUT2D eigenvalue weighted by molar-refractivity contribution is -0.123. The Hall–Kier alpha value is -3.06. The van der Waals surface area contributed by atoms with Crippen molar-refractivity contribution in [1.29, 1.82) is 0 Å². The lowest BCUT2D eigenvalue weighted by atomic mass is 10.0. The minimum atomic E-state index is -0.775. The molecule has 0 radical (unpaired) electrons. The number of ether oxygens (including phenoxy) is 2. The minimum Gasteiger partial charge on any atom is -0.494 e. The number of amides is 2. The quantitative estimate of drug-likeness (QED) is 0.484. The molecule has 0 aliphatic heterocycles. The van der Waals surface area contributed by atoms with E-state index in [0.717, 1.165) is 17.1 Å². The highest BCUT2D eigenvalue weighted by Crippen LogP contribution is 2.29. The third-order valence-corrected chi connectivity index (χ3v) is 5.01. The number of rotatable bonds is 12. The number of aliphatic hydroxyl groups excluding tert-OH is 1. The Morgan fingerprint density at radius 1 is 1.03 bits per heavy atom. The van der Waals surface area contributed by atoms with Crippen LogP contribution in [-0.2, 0) is 11.2 Å². The molecule has 7 heteroatoms. The summed E-state index contributed by atoms with van der Waals surface area (Å²) in [6.45, 7) is 3.16. The number of benzene rings is 2. The van der Waals surface area contributed by atoms with Crippen LogP contribution in [0.4, 0.5) is 0 Å². The number of hydrogen-bond acceptors (Lipinski definition) is 5. The molecule has 2 amide bonds. The second-order valence-corrected chi connectivity index (χ2v) is 7.60. The molecule has 3 N–H and O–H groups in total. The van der Waals surface area contributed by atoms with E-state index in [1.807, 2.05) is 31.2 Å². The smallest absolute Gasteiger partial charge is 0.251 e. The summed E-state index contributed by atoms with van der Waals surface area (Å²) in [7, 11) is 0. The van der Waals surface area contributed by atoms with Gasteiger partial charge in [-0.2, -0.15) is 0 Å². The molecule has 1 atom stereocenters. The summed E-state index contributed by atoms with van der Waals surface area (Å²) in [6, 6.07) is 13.6. The average Bonchev–Trinajstić information content (AvgIpc) is 3.62. The molecular formula is C24H30N2O5. The van der Waals surface area contributed by atoms with Crippen LogP contribution in [0.1, 0.15) is 35.7 Å². The van der Waals surface area contributed by atoms with Gasteiger partial charge in [0.1, 0.15) is 17.5 Å². The molecule has 1 fully saturated rings. The number of hydrogen-bond donors (Lipinski definition) is 3. The van der Waals surface area contributed by atoms with Crippen LogP contribution in [0, 0.1) is 5.92 Å². The fraction of sp³-hybridized carbons (Fsp3) is 0.417. The maximum atomic E-state index is 12.7. The lowest BCUT2D eigenvalue weighted by Crippen LogP contribution is -2.48. The van der Waals surface area contributed by atoms with Crippen LogP contribution >= 0.6 is 0 Å². The second kappa shape index (κ2) is 11.4. The van der Waals surface area contributed by atoms with Crippen molar-refractivity contribution in [3.63, 3.8) is 0 Å². The summed E-state index contributed by atoms with van der Waals surface area (Å²) < 4.78 is 11.1. The van der Waals surface area contributed by atoms with Crippen molar-refractivity contribution in [3.05, 3.63) is 59.7 Å². The molecule has 1 saturated carbocycles. The zero-order valence-corrected chi connectivity index (χ0v) is 17.8. The molecule has 31 heavy (non-hydrogen) atoms. The van der Waals surface area contributed by atoms with Gasteiger partial charge in [-0.3, -0.25) is 9.59 Å². The van der Waals surface area contributed by atoms with Crippen LogP contribution < -0.4 is 20.1 Å². The molecular weight excluding hydrogens is 396 g/mol. The molecule has 166 valence electrons. The van der Waals surface area contributed by atoms with Crippen molar-refractivity contribution in [2.45, 2.75) is 32.2 Å². The summed E-state index contributed by atoms with van der Waals surface area (Å²) in [5.41, 5.74) is 1.34. The van der Waals surface area contributed by atoms with E-state index in [-0.39, 0.29) is 25.0 Å². The van der Waals surface area contributed by atoms with Crippen LogP contribution in [0.2, 0.25) is 0 Å². The third-order valence-electron chi connectivity index (χ3n) is 5.01. The lowest BCUT2D eigenvalue weighted by Gasteiger charge is -2.19. The summed E-state index contributed by atoms with van der Waals surface area (Å²) >= 11 is 0. The van der Waals surface area contributed by atoms with Crippen LogP contribution in [0.15, 0.2) is 48.5 Å². The van der Waals surface area contributed by atoms with Crippen LogP contribution in [0.5, 0.6) is 11.5 Å². The Balaban J connectivity index is 1.63. The molecule has 0 bridgehead atoms. The first kappa shape index (κ1) is 22.6. The predicted octanol–water partition coefficient (Wildman–Crippen LogP) is 2.32. The zero-order chi connectivity index (χ0) is 22.1.